The number of ether oxygens (including phenoxy) is 2. The molecule has 0 aliphatic carbocycles. The van der Waals surface area contributed by atoms with E-state index in [0.717, 1.165) is 45.4 Å². The van der Waals surface area contributed by atoms with Crippen molar-refractivity contribution in [1.82, 2.24) is 5.32 Å². The van der Waals surface area contributed by atoms with Crippen molar-refractivity contribution in [3.05, 3.63) is 0 Å². The minimum Gasteiger partial charge on any atom is -0.394 e. The van der Waals surface area contributed by atoms with Gasteiger partial charge >= 0.3 is 0 Å². The highest BCUT2D eigenvalue weighted by molar-refractivity contribution is 4.81. The van der Waals surface area contributed by atoms with Crippen LogP contribution in [0.4, 0.5) is 0 Å². The minimum absolute atomic E-state index is 0.142. The number of rotatable bonds is 14. The van der Waals surface area contributed by atoms with Crippen LogP contribution in [0.15, 0.2) is 0 Å². The summed E-state index contributed by atoms with van der Waals surface area (Å²) >= 11 is 0. The molecule has 0 bridgehead atoms. The normalized spacial score (nSPS) is 14.7. The van der Waals surface area contributed by atoms with Gasteiger partial charge in [0.1, 0.15) is 0 Å². The molecule has 2 N–H and O–H groups in total. The van der Waals surface area contributed by atoms with Crippen LogP contribution in [0, 0.1) is 5.92 Å². The number of aliphatic hydroxyl groups is 1. The lowest BCUT2D eigenvalue weighted by molar-refractivity contribution is 0.0358. The molecule has 0 aromatic heterocycles. The first kappa shape index (κ1) is 19.8. The third-order valence-corrected chi connectivity index (χ3v) is 3.24. The van der Waals surface area contributed by atoms with Crippen LogP contribution in [0.25, 0.3) is 0 Å². The molecule has 0 aliphatic heterocycles. The highest BCUT2D eigenvalue weighted by Crippen LogP contribution is 2.13. The lowest BCUT2D eigenvalue weighted by Crippen LogP contribution is -2.46. The van der Waals surface area contributed by atoms with Gasteiger partial charge in [-0.15, -0.1) is 0 Å². The van der Waals surface area contributed by atoms with Crippen molar-refractivity contribution in [1.29, 1.82) is 0 Å². The highest BCUT2D eigenvalue weighted by atomic mass is 16.5. The maximum Gasteiger partial charge on any atom is 0.0700 e. The Morgan fingerprint density at radius 1 is 1.10 bits per heavy atom. The lowest BCUT2D eigenvalue weighted by Gasteiger charge is -2.28. The van der Waals surface area contributed by atoms with Gasteiger partial charge in [0, 0.05) is 18.8 Å². The third kappa shape index (κ3) is 11.6. The molecule has 0 amide bonds. The van der Waals surface area contributed by atoms with E-state index in [9.17, 15) is 5.11 Å². The fourth-order valence-corrected chi connectivity index (χ4v) is 1.91. The van der Waals surface area contributed by atoms with Crippen molar-refractivity contribution < 1.29 is 14.6 Å². The molecular formula is C16H35NO3. The van der Waals surface area contributed by atoms with Gasteiger partial charge in [-0.05, 0) is 45.1 Å². The van der Waals surface area contributed by atoms with Gasteiger partial charge in [-0.25, -0.2) is 0 Å². The average molecular weight is 289 g/mol. The number of hydrogen-bond donors (Lipinski definition) is 2. The maximum atomic E-state index is 9.45. The molecule has 0 spiro atoms. The molecule has 0 saturated heterocycles. The Hall–Kier alpha value is -0.160. The van der Waals surface area contributed by atoms with Crippen molar-refractivity contribution >= 4 is 0 Å². The van der Waals surface area contributed by atoms with Gasteiger partial charge in [0.15, 0.2) is 0 Å². The molecule has 122 valence electrons. The molecule has 1 atom stereocenters. The van der Waals surface area contributed by atoms with Gasteiger partial charge in [-0.3, -0.25) is 0 Å². The molecule has 0 rings (SSSR count). The summed E-state index contributed by atoms with van der Waals surface area (Å²) in [6.45, 7) is 12.6. The Balaban J connectivity index is 3.41. The van der Waals surface area contributed by atoms with Crippen LogP contribution in [0.3, 0.4) is 0 Å². The summed E-state index contributed by atoms with van der Waals surface area (Å²) in [5.41, 5.74) is -0.142. The van der Waals surface area contributed by atoms with Crippen LogP contribution >= 0.6 is 0 Å². The van der Waals surface area contributed by atoms with Crippen molar-refractivity contribution in [3.8, 4) is 0 Å². The van der Waals surface area contributed by atoms with Crippen LogP contribution in [0.2, 0.25) is 0 Å². The average Bonchev–Trinajstić information content (AvgIpc) is 2.43. The van der Waals surface area contributed by atoms with Gasteiger partial charge in [0.05, 0.1) is 19.8 Å². The summed E-state index contributed by atoms with van der Waals surface area (Å²) in [6.07, 6.45) is 4.18. The first-order valence-electron chi connectivity index (χ1n) is 8.05. The van der Waals surface area contributed by atoms with E-state index in [1.807, 2.05) is 0 Å². The topological polar surface area (TPSA) is 50.7 Å². The van der Waals surface area contributed by atoms with E-state index >= 15 is 0 Å². The van der Waals surface area contributed by atoms with Crippen LogP contribution < -0.4 is 5.32 Å². The Labute approximate surface area is 125 Å². The van der Waals surface area contributed by atoms with Crippen molar-refractivity contribution in [2.24, 2.45) is 5.92 Å². The fraction of sp³-hybridized carbons (Fsp3) is 1.00. The van der Waals surface area contributed by atoms with E-state index in [1.54, 1.807) is 0 Å². The SMILES string of the molecule is CCCNC(C)(CO)CCCCOCCOCC(C)C. The Kier molecular flexibility index (Phi) is 12.5. The molecule has 0 radical (unpaired) electrons. The fourth-order valence-electron chi connectivity index (χ4n) is 1.91. The van der Waals surface area contributed by atoms with Crippen LogP contribution in [-0.4, -0.2) is 50.2 Å². The second-order valence-electron chi connectivity index (χ2n) is 6.18. The zero-order valence-electron chi connectivity index (χ0n) is 13.9. The van der Waals surface area contributed by atoms with Gasteiger partial charge < -0.3 is 19.9 Å². The number of nitrogens with one attached hydrogen (secondary N) is 1. The summed E-state index contributed by atoms with van der Waals surface area (Å²) < 4.78 is 11.0. The number of unbranched alkanes of at least 4 members (excludes halogenated alkanes) is 1. The summed E-state index contributed by atoms with van der Waals surface area (Å²) in [5, 5.41) is 12.9. The Morgan fingerprint density at radius 2 is 1.80 bits per heavy atom. The lowest BCUT2D eigenvalue weighted by atomic mass is 9.95. The molecule has 0 saturated carbocycles. The van der Waals surface area contributed by atoms with E-state index in [4.69, 9.17) is 9.47 Å². The summed E-state index contributed by atoms with van der Waals surface area (Å²) in [5.74, 6) is 0.585. The molecule has 0 heterocycles. The van der Waals surface area contributed by atoms with Crippen LogP contribution in [-0.2, 0) is 9.47 Å². The zero-order valence-corrected chi connectivity index (χ0v) is 13.9. The first-order valence-corrected chi connectivity index (χ1v) is 8.05. The molecule has 1 unspecified atom stereocenters. The first-order chi connectivity index (χ1) is 9.54. The summed E-state index contributed by atoms with van der Waals surface area (Å²) in [4.78, 5) is 0. The molecule has 20 heavy (non-hydrogen) atoms. The monoisotopic (exact) mass is 289 g/mol. The van der Waals surface area contributed by atoms with E-state index in [1.165, 1.54) is 0 Å². The Bertz CT molecular complexity index is 212. The van der Waals surface area contributed by atoms with Crippen molar-refractivity contribution in [3.63, 3.8) is 0 Å². The van der Waals surface area contributed by atoms with Crippen LogP contribution in [0.5, 0.6) is 0 Å². The van der Waals surface area contributed by atoms with Crippen molar-refractivity contribution in [2.45, 2.75) is 58.9 Å². The Morgan fingerprint density at radius 3 is 2.40 bits per heavy atom. The maximum absolute atomic E-state index is 9.45. The van der Waals surface area contributed by atoms with Crippen molar-refractivity contribution in [2.75, 3.05) is 39.6 Å². The van der Waals surface area contributed by atoms with Crippen LogP contribution in [0.1, 0.15) is 53.4 Å². The molecule has 0 aromatic rings. The molecule has 0 aromatic carbocycles. The predicted molar refractivity (Wildman–Crippen MR) is 84.1 cm³/mol. The summed E-state index contributed by atoms with van der Waals surface area (Å²) in [6, 6.07) is 0. The van der Waals surface area contributed by atoms with Gasteiger partial charge in [-0.2, -0.15) is 0 Å². The number of hydrogen-bond acceptors (Lipinski definition) is 4. The van der Waals surface area contributed by atoms with E-state index in [0.29, 0.717) is 19.1 Å². The second-order valence-corrected chi connectivity index (χ2v) is 6.18. The smallest absolute Gasteiger partial charge is 0.0700 e. The summed E-state index contributed by atoms with van der Waals surface area (Å²) in [7, 11) is 0. The molecule has 0 aliphatic rings. The molecular weight excluding hydrogens is 254 g/mol. The van der Waals surface area contributed by atoms with E-state index < -0.39 is 0 Å². The molecule has 4 nitrogen and oxygen atoms in total. The van der Waals surface area contributed by atoms with E-state index in [2.05, 4.69) is 33.0 Å². The molecule has 4 heteroatoms. The second kappa shape index (κ2) is 12.6. The van der Waals surface area contributed by atoms with Gasteiger partial charge in [0.2, 0.25) is 0 Å². The van der Waals surface area contributed by atoms with Gasteiger partial charge in [0.25, 0.3) is 0 Å². The third-order valence-electron chi connectivity index (χ3n) is 3.24. The quantitative estimate of drug-likeness (QED) is 0.483. The predicted octanol–water partition coefficient (Wildman–Crippen LogP) is 2.60. The largest absolute Gasteiger partial charge is 0.394 e. The number of aliphatic hydroxyl groups excluding tert-OH is 1. The molecule has 0 fully saturated rings. The minimum atomic E-state index is -0.142. The zero-order chi connectivity index (χ0) is 15.3. The standard InChI is InChI=1S/C16H35NO3/c1-5-9-17-16(4,14-18)8-6-7-10-19-11-12-20-13-15(2)3/h15,17-18H,5-14H2,1-4H3. The van der Waals surface area contributed by atoms with Gasteiger partial charge in [-0.1, -0.05) is 20.8 Å². The van der Waals surface area contributed by atoms with E-state index in [-0.39, 0.29) is 12.1 Å². The highest BCUT2D eigenvalue weighted by Gasteiger charge is 2.21.